The van der Waals surface area contributed by atoms with E-state index in [4.69, 9.17) is 11.6 Å². The minimum atomic E-state index is 0.926. The molecule has 0 radical (unpaired) electrons. The molecule has 9 heavy (non-hydrogen) atoms. The number of alkyl halides is 1. The molecule has 0 fully saturated rings. The van der Waals surface area contributed by atoms with Gasteiger partial charge in [0.1, 0.15) is 0 Å². The molecule has 0 rings (SSSR count). The summed E-state index contributed by atoms with van der Waals surface area (Å²) in [6.45, 7) is 1.98. The number of rotatable bonds is 4. The standard InChI is InChI=1S/C6H11BrClN/c1-9(6-3-7)5-2-4-8/h2,4H,3,5-6H2,1H3/b4-2+. The highest BCUT2D eigenvalue weighted by Gasteiger charge is 1.90. The Morgan fingerprint density at radius 2 is 2.33 bits per heavy atom. The smallest absolute Gasteiger partial charge is 0.0172 e. The van der Waals surface area contributed by atoms with E-state index in [9.17, 15) is 0 Å². The Morgan fingerprint density at radius 3 is 2.78 bits per heavy atom. The second kappa shape index (κ2) is 6.59. The summed E-state index contributed by atoms with van der Waals surface area (Å²) in [4.78, 5) is 2.17. The van der Waals surface area contributed by atoms with Crippen molar-refractivity contribution in [1.82, 2.24) is 4.90 Å². The molecule has 0 amide bonds. The molecule has 0 saturated carbocycles. The summed E-state index contributed by atoms with van der Waals surface area (Å²) >= 11 is 8.67. The number of hydrogen-bond donors (Lipinski definition) is 0. The van der Waals surface area contributed by atoms with Crippen LogP contribution in [0.15, 0.2) is 11.6 Å². The number of halogens is 2. The first-order valence-electron chi connectivity index (χ1n) is 2.81. The van der Waals surface area contributed by atoms with Gasteiger partial charge in [-0.25, -0.2) is 0 Å². The number of hydrogen-bond acceptors (Lipinski definition) is 1. The third-order valence-electron chi connectivity index (χ3n) is 0.972. The minimum Gasteiger partial charge on any atom is -0.302 e. The monoisotopic (exact) mass is 211 g/mol. The van der Waals surface area contributed by atoms with Crippen molar-refractivity contribution in [1.29, 1.82) is 0 Å². The fourth-order valence-electron chi connectivity index (χ4n) is 0.455. The van der Waals surface area contributed by atoms with E-state index < -0.39 is 0 Å². The van der Waals surface area contributed by atoms with Crippen molar-refractivity contribution < 1.29 is 0 Å². The fraction of sp³-hybridized carbons (Fsp3) is 0.667. The molecule has 0 aromatic heterocycles. The van der Waals surface area contributed by atoms with Crippen molar-refractivity contribution in [2.24, 2.45) is 0 Å². The van der Waals surface area contributed by atoms with Gasteiger partial charge in [-0.1, -0.05) is 33.6 Å². The van der Waals surface area contributed by atoms with Gasteiger partial charge in [0.15, 0.2) is 0 Å². The van der Waals surface area contributed by atoms with Gasteiger partial charge in [-0.05, 0) is 7.05 Å². The van der Waals surface area contributed by atoms with Crippen LogP contribution in [0.4, 0.5) is 0 Å². The van der Waals surface area contributed by atoms with Crippen LogP contribution in [0.1, 0.15) is 0 Å². The fourth-order valence-corrected chi connectivity index (χ4v) is 1.14. The van der Waals surface area contributed by atoms with E-state index in [1.54, 1.807) is 5.54 Å². The van der Waals surface area contributed by atoms with E-state index in [1.807, 2.05) is 6.08 Å². The first-order valence-corrected chi connectivity index (χ1v) is 4.36. The summed E-state index contributed by atoms with van der Waals surface area (Å²) in [5, 5.41) is 1.01. The second-order valence-electron chi connectivity index (χ2n) is 1.81. The number of nitrogens with zero attached hydrogens (tertiary/aromatic N) is 1. The molecule has 0 bridgehead atoms. The van der Waals surface area contributed by atoms with Crippen molar-refractivity contribution in [3.8, 4) is 0 Å². The molecular formula is C6H11BrClN. The molecule has 0 saturated heterocycles. The van der Waals surface area contributed by atoms with E-state index in [0.29, 0.717) is 0 Å². The Labute approximate surface area is 69.8 Å². The molecule has 0 atom stereocenters. The molecular weight excluding hydrogens is 201 g/mol. The quantitative estimate of drug-likeness (QED) is 0.645. The molecule has 0 unspecified atom stereocenters. The maximum Gasteiger partial charge on any atom is 0.0172 e. The van der Waals surface area contributed by atoms with Crippen molar-refractivity contribution >= 4 is 27.5 Å². The molecule has 0 aromatic rings. The van der Waals surface area contributed by atoms with Gasteiger partial charge in [0.25, 0.3) is 0 Å². The molecule has 0 aliphatic carbocycles. The Bertz CT molecular complexity index is 85.1. The van der Waals surface area contributed by atoms with Crippen LogP contribution < -0.4 is 0 Å². The van der Waals surface area contributed by atoms with Gasteiger partial charge >= 0.3 is 0 Å². The van der Waals surface area contributed by atoms with Gasteiger partial charge in [0, 0.05) is 24.0 Å². The summed E-state index contributed by atoms with van der Waals surface area (Å²) < 4.78 is 0. The van der Waals surface area contributed by atoms with Crippen LogP contribution in [0.3, 0.4) is 0 Å². The zero-order valence-corrected chi connectivity index (χ0v) is 7.82. The highest BCUT2D eigenvalue weighted by atomic mass is 79.9. The third kappa shape index (κ3) is 6.35. The van der Waals surface area contributed by atoms with Crippen molar-refractivity contribution in [3.63, 3.8) is 0 Å². The molecule has 0 aromatic carbocycles. The highest BCUT2D eigenvalue weighted by Crippen LogP contribution is 1.87. The van der Waals surface area contributed by atoms with Crippen LogP contribution in [-0.4, -0.2) is 30.4 Å². The van der Waals surface area contributed by atoms with Crippen LogP contribution >= 0.6 is 27.5 Å². The van der Waals surface area contributed by atoms with E-state index in [0.717, 1.165) is 18.4 Å². The van der Waals surface area contributed by atoms with Gasteiger partial charge in [-0.3, -0.25) is 0 Å². The molecule has 1 nitrogen and oxygen atoms in total. The van der Waals surface area contributed by atoms with Gasteiger partial charge < -0.3 is 4.90 Å². The van der Waals surface area contributed by atoms with Crippen LogP contribution in [0, 0.1) is 0 Å². The Hall–Kier alpha value is 0.470. The lowest BCUT2D eigenvalue weighted by Gasteiger charge is -2.10. The lowest BCUT2D eigenvalue weighted by molar-refractivity contribution is 0.397. The van der Waals surface area contributed by atoms with E-state index >= 15 is 0 Å². The van der Waals surface area contributed by atoms with Gasteiger partial charge in [0.05, 0.1) is 0 Å². The third-order valence-corrected chi connectivity index (χ3v) is 1.51. The van der Waals surface area contributed by atoms with E-state index in [2.05, 4.69) is 27.9 Å². The van der Waals surface area contributed by atoms with Gasteiger partial charge in [-0.15, -0.1) is 0 Å². The lowest BCUT2D eigenvalue weighted by atomic mass is 10.5. The normalized spacial score (nSPS) is 11.6. The Morgan fingerprint density at radius 1 is 1.67 bits per heavy atom. The zero-order chi connectivity index (χ0) is 7.11. The van der Waals surface area contributed by atoms with Crippen LogP contribution in [0.2, 0.25) is 0 Å². The first kappa shape index (κ1) is 9.47. The van der Waals surface area contributed by atoms with Crippen molar-refractivity contribution in [3.05, 3.63) is 11.6 Å². The largest absolute Gasteiger partial charge is 0.302 e. The predicted molar refractivity (Wildman–Crippen MR) is 46.3 cm³/mol. The summed E-state index contributed by atoms with van der Waals surface area (Å²) in [5.74, 6) is 0. The van der Waals surface area contributed by atoms with Crippen LogP contribution in [0.5, 0.6) is 0 Å². The lowest BCUT2D eigenvalue weighted by Crippen LogP contribution is -2.20. The van der Waals surface area contributed by atoms with Crippen LogP contribution in [-0.2, 0) is 0 Å². The summed E-state index contributed by atoms with van der Waals surface area (Å²) in [6.07, 6.45) is 1.92. The summed E-state index contributed by atoms with van der Waals surface area (Å²) in [7, 11) is 2.05. The predicted octanol–water partition coefficient (Wildman–Crippen LogP) is 2.07. The number of likely N-dealkylation sites (N-methyl/N-ethyl adjacent to an activating group) is 1. The molecule has 0 heterocycles. The Balaban J connectivity index is 3.15. The molecule has 0 aliphatic heterocycles. The Kier molecular flexibility index (Phi) is 6.93. The zero-order valence-electron chi connectivity index (χ0n) is 5.48. The second-order valence-corrected chi connectivity index (χ2v) is 2.86. The molecule has 54 valence electrons. The SMILES string of the molecule is CN(C/C=C/Cl)CCBr. The minimum absolute atomic E-state index is 0.926. The van der Waals surface area contributed by atoms with Crippen LogP contribution in [0.25, 0.3) is 0 Å². The highest BCUT2D eigenvalue weighted by molar-refractivity contribution is 9.09. The topological polar surface area (TPSA) is 3.24 Å². The molecule has 0 N–H and O–H groups in total. The average Bonchev–Trinajstić information content (AvgIpc) is 1.85. The maximum atomic E-state index is 5.33. The van der Waals surface area contributed by atoms with Gasteiger partial charge in [-0.2, -0.15) is 0 Å². The molecule has 0 spiro atoms. The van der Waals surface area contributed by atoms with Crippen molar-refractivity contribution in [2.75, 3.05) is 25.5 Å². The molecule has 3 heteroatoms. The first-order chi connectivity index (χ1) is 4.31. The van der Waals surface area contributed by atoms with E-state index in [-0.39, 0.29) is 0 Å². The summed E-state index contributed by atoms with van der Waals surface area (Å²) in [5.41, 5.74) is 1.55. The summed E-state index contributed by atoms with van der Waals surface area (Å²) in [6, 6.07) is 0. The average molecular weight is 213 g/mol. The van der Waals surface area contributed by atoms with Crippen molar-refractivity contribution in [2.45, 2.75) is 0 Å². The molecule has 0 aliphatic rings. The van der Waals surface area contributed by atoms with Gasteiger partial charge in [0.2, 0.25) is 0 Å². The maximum absolute atomic E-state index is 5.33. The van der Waals surface area contributed by atoms with E-state index in [1.165, 1.54) is 0 Å².